The first kappa shape index (κ1) is 19.8. The van der Waals surface area contributed by atoms with Crippen molar-refractivity contribution in [2.24, 2.45) is 0 Å². The molecule has 1 saturated heterocycles. The van der Waals surface area contributed by atoms with Crippen molar-refractivity contribution in [3.63, 3.8) is 0 Å². The van der Waals surface area contributed by atoms with Crippen LogP contribution in [0.2, 0.25) is 0 Å². The van der Waals surface area contributed by atoms with Gasteiger partial charge in [-0.25, -0.2) is 4.68 Å². The number of amides is 1. The third-order valence-corrected chi connectivity index (χ3v) is 4.02. The Kier molecular flexibility index (Phi) is 7.80. The molecule has 2 N–H and O–H groups in total. The van der Waals surface area contributed by atoms with Crippen LogP contribution in [0.5, 0.6) is 0 Å². The van der Waals surface area contributed by atoms with Crippen molar-refractivity contribution in [3.05, 3.63) is 11.9 Å². The summed E-state index contributed by atoms with van der Waals surface area (Å²) in [5.74, 6) is 0.0726. The molecule has 2 rings (SSSR count). The molecule has 8 nitrogen and oxygen atoms in total. The lowest BCUT2D eigenvalue weighted by Crippen LogP contribution is -2.51. The zero-order valence-corrected chi connectivity index (χ0v) is 15.9. The molecule has 0 spiro atoms. The fourth-order valence-corrected chi connectivity index (χ4v) is 2.60. The maximum atomic E-state index is 11.9. The molecule has 0 bridgehead atoms. The summed E-state index contributed by atoms with van der Waals surface area (Å²) in [4.78, 5) is 14.0. The fourth-order valence-electron chi connectivity index (χ4n) is 2.60. The van der Waals surface area contributed by atoms with E-state index in [1.54, 1.807) is 0 Å². The van der Waals surface area contributed by atoms with E-state index in [0.717, 1.165) is 31.7 Å². The van der Waals surface area contributed by atoms with Gasteiger partial charge in [-0.3, -0.25) is 9.69 Å². The highest BCUT2D eigenvalue weighted by atomic mass is 16.5. The Bertz CT molecular complexity index is 525. The van der Waals surface area contributed by atoms with Gasteiger partial charge in [0.1, 0.15) is 0 Å². The third kappa shape index (κ3) is 7.09. The Morgan fingerprint density at radius 2 is 2.12 bits per heavy atom. The normalized spacial score (nSPS) is 15.8. The van der Waals surface area contributed by atoms with Gasteiger partial charge in [0.05, 0.1) is 30.6 Å². The van der Waals surface area contributed by atoms with Gasteiger partial charge in [0.25, 0.3) is 0 Å². The number of ether oxygens (including phenoxy) is 1. The zero-order chi connectivity index (χ0) is 18.2. The molecule has 0 radical (unpaired) electrons. The highest BCUT2D eigenvalue weighted by Gasteiger charge is 2.30. The molecule has 0 saturated carbocycles. The summed E-state index contributed by atoms with van der Waals surface area (Å²) in [6.45, 7) is 12.4. The largest absolute Gasteiger partial charge is 0.379 e. The topological polar surface area (TPSA) is 84.3 Å². The minimum Gasteiger partial charge on any atom is -0.379 e. The second kappa shape index (κ2) is 9.84. The number of aromatic nitrogens is 3. The number of hydrogen-bond donors (Lipinski definition) is 2. The van der Waals surface area contributed by atoms with Crippen molar-refractivity contribution in [3.8, 4) is 0 Å². The molecule has 25 heavy (non-hydrogen) atoms. The van der Waals surface area contributed by atoms with Crippen LogP contribution in [0.25, 0.3) is 0 Å². The lowest BCUT2D eigenvalue weighted by atomic mass is 10.1. The Morgan fingerprint density at radius 1 is 1.36 bits per heavy atom. The van der Waals surface area contributed by atoms with Crippen molar-refractivity contribution < 1.29 is 9.53 Å². The summed E-state index contributed by atoms with van der Waals surface area (Å²) in [5, 5.41) is 14.7. The zero-order valence-electron chi connectivity index (χ0n) is 15.9. The molecule has 1 aliphatic heterocycles. The number of carbonyl (C=O) groups is 1. The van der Waals surface area contributed by atoms with E-state index in [0.29, 0.717) is 31.8 Å². The van der Waals surface area contributed by atoms with Gasteiger partial charge in [0, 0.05) is 38.8 Å². The predicted octanol–water partition coefficient (Wildman–Crippen LogP) is 0.564. The molecule has 1 aliphatic rings. The van der Waals surface area contributed by atoms with Gasteiger partial charge >= 0.3 is 0 Å². The van der Waals surface area contributed by atoms with Crippen LogP contribution in [0.1, 0.15) is 45.9 Å². The molecule has 1 aromatic rings. The van der Waals surface area contributed by atoms with Crippen LogP contribution in [-0.2, 0) is 16.1 Å². The van der Waals surface area contributed by atoms with E-state index in [4.69, 9.17) is 4.74 Å². The molecule has 0 unspecified atom stereocenters. The monoisotopic (exact) mass is 352 g/mol. The summed E-state index contributed by atoms with van der Waals surface area (Å²) in [6, 6.07) is 0.743. The van der Waals surface area contributed by atoms with E-state index in [1.807, 2.05) is 24.7 Å². The Morgan fingerprint density at radius 3 is 2.80 bits per heavy atom. The molecule has 1 aromatic heterocycles. The highest BCUT2D eigenvalue weighted by Crippen LogP contribution is 2.19. The number of nitrogens with one attached hydrogen (secondary N) is 2. The fraction of sp³-hybridized carbons (Fsp3) is 0.824. The van der Waals surface area contributed by atoms with Gasteiger partial charge in [-0.15, -0.1) is 5.10 Å². The Balaban J connectivity index is 1.58. The van der Waals surface area contributed by atoms with E-state index in [9.17, 15) is 4.79 Å². The van der Waals surface area contributed by atoms with Crippen LogP contribution in [0.15, 0.2) is 6.20 Å². The maximum Gasteiger partial charge on any atom is 0.234 e. The summed E-state index contributed by atoms with van der Waals surface area (Å²) in [7, 11) is 0. The minimum absolute atomic E-state index is 0.0726. The van der Waals surface area contributed by atoms with Crippen molar-refractivity contribution in [2.45, 2.75) is 58.8 Å². The lowest BCUT2D eigenvalue weighted by Gasteiger charge is -2.38. The second-order valence-electron chi connectivity index (χ2n) is 7.20. The van der Waals surface area contributed by atoms with Crippen LogP contribution in [0, 0.1) is 0 Å². The van der Waals surface area contributed by atoms with E-state index in [1.165, 1.54) is 0 Å². The first-order valence-corrected chi connectivity index (χ1v) is 9.18. The van der Waals surface area contributed by atoms with Crippen LogP contribution in [0.4, 0.5) is 0 Å². The van der Waals surface area contributed by atoms with Crippen molar-refractivity contribution in [1.82, 2.24) is 30.5 Å². The second-order valence-corrected chi connectivity index (χ2v) is 7.20. The van der Waals surface area contributed by atoms with Crippen molar-refractivity contribution in [2.75, 3.05) is 32.8 Å². The van der Waals surface area contributed by atoms with Gasteiger partial charge in [0.15, 0.2) is 0 Å². The standard InChI is InChI=1S/C17H32N6O2/c1-13(2)19-8-15-9-23(21-20-15)16-10-22(11-16)12-17(24)18-6-5-7-25-14(3)4/h9,13-14,16,19H,5-8,10-12H2,1-4H3,(H,18,24). The molecule has 8 heteroatoms. The summed E-state index contributed by atoms with van der Waals surface area (Å²) in [6.07, 6.45) is 3.08. The maximum absolute atomic E-state index is 11.9. The van der Waals surface area contributed by atoms with Gasteiger partial charge < -0.3 is 15.4 Å². The van der Waals surface area contributed by atoms with Crippen LogP contribution in [0.3, 0.4) is 0 Å². The number of likely N-dealkylation sites (tertiary alicyclic amines) is 1. The number of hydrogen-bond acceptors (Lipinski definition) is 6. The van der Waals surface area contributed by atoms with Crippen LogP contribution in [-0.4, -0.2) is 70.7 Å². The Labute approximate surface area is 150 Å². The van der Waals surface area contributed by atoms with E-state index >= 15 is 0 Å². The molecule has 0 aromatic carbocycles. The van der Waals surface area contributed by atoms with Gasteiger partial charge in [0.2, 0.25) is 5.91 Å². The average molecular weight is 352 g/mol. The van der Waals surface area contributed by atoms with Crippen LogP contribution < -0.4 is 10.6 Å². The van der Waals surface area contributed by atoms with Gasteiger partial charge in [-0.1, -0.05) is 19.1 Å². The highest BCUT2D eigenvalue weighted by molar-refractivity contribution is 5.78. The minimum atomic E-state index is 0.0726. The van der Waals surface area contributed by atoms with Gasteiger partial charge in [-0.2, -0.15) is 0 Å². The van der Waals surface area contributed by atoms with Gasteiger partial charge in [-0.05, 0) is 20.3 Å². The average Bonchev–Trinajstić information content (AvgIpc) is 2.96. The van der Waals surface area contributed by atoms with E-state index < -0.39 is 0 Å². The molecule has 1 fully saturated rings. The van der Waals surface area contributed by atoms with Crippen molar-refractivity contribution in [1.29, 1.82) is 0 Å². The molecule has 2 heterocycles. The Hall–Kier alpha value is -1.51. The van der Waals surface area contributed by atoms with E-state index in [2.05, 4.69) is 39.7 Å². The molecular formula is C17H32N6O2. The SMILES string of the molecule is CC(C)NCc1cn(C2CN(CC(=O)NCCCOC(C)C)C2)nn1. The summed E-state index contributed by atoms with van der Waals surface area (Å²) in [5.41, 5.74) is 0.952. The first-order chi connectivity index (χ1) is 11.9. The lowest BCUT2D eigenvalue weighted by molar-refractivity contribution is -0.123. The first-order valence-electron chi connectivity index (χ1n) is 9.18. The number of nitrogens with zero attached hydrogens (tertiary/aromatic N) is 4. The van der Waals surface area contributed by atoms with E-state index in [-0.39, 0.29) is 12.0 Å². The van der Waals surface area contributed by atoms with Crippen LogP contribution >= 0.6 is 0 Å². The third-order valence-electron chi connectivity index (χ3n) is 4.02. The summed E-state index contributed by atoms with van der Waals surface area (Å²) < 4.78 is 7.36. The molecular weight excluding hydrogens is 320 g/mol. The number of carbonyl (C=O) groups excluding carboxylic acids is 1. The quantitative estimate of drug-likeness (QED) is 0.566. The predicted molar refractivity (Wildman–Crippen MR) is 96.2 cm³/mol. The molecule has 1 amide bonds. The smallest absolute Gasteiger partial charge is 0.234 e. The molecule has 0 aliphatic carbocycles. The summed E-state index contributed by atoms with van der Waals surface area (Å²) >= 11 is 0. The molecule has 0 atom stereocenters. The number of rotatable bonds is 11. The van der Waals surface area contributed by atoms with Crippen molar-refractivity contribution >= 4 is 5.91 Å². The molecule has 142 valence electrons.